The summed E-state index contributed by atoms with van der Waals surface area (Å²) >= 11 is 0. The molecule has 0 aliphatic rings. The molecule has 0 fully saturated rings. The van der Waals surface area contributed by atoms with Gasteiger partial charge in [0.2, 0.25) is 0 Å². The van der Waals surface area contributed by atoms with Crippen molar-refractivity contribution in [1.29, 1.82) is 0 Å². The van der Waals surface area contributed by atoms with Gasteiger partial charge in [-0.25, -0.2) is 19.9 Å². The first kappa shape index (κ1) is 29.4. The summed E-state index contributed by atoms with van der Waals surface area (Å²) in [7, 11) is 0. The molecule has 50 heavy (non-hydrogen) atoms. The molecule has 0 amide bonds. The summed E-state index contributed by atoms with van der Waals surface area (Å²) in [6.45, 7) is 0. The third-order valence-corrected chi connectivity index (χ3v) is 9.10. The van der Waals surface area contributed by atoms with Crippen LogP contribution in [0.1, 0.15) is 0 Å². The maximum absolute atomic E-state index is 5.15. The highest BCUT2D eigenvalue weighted by Crippen LogP contribution is 2.38. The van der Waals surface area contributed by atoms with Crippen molar-refractivity contribution in [2.24, 2.45) is 0 Å². The Morgan fingerprint density at radius 2 is 0.800 bits per heavy atom. The third kappa shape index (κ3) is 5.59. The SMILES string of the molecule is c1ccc(-c2cc(-c3ccccc3)c3c(ccc4cc(-c5cccc(-c6nc(-c7ccccc7)nc(-c7ccccc7)n6)c5)ccc43)n2)cc1. The molecular weight excluding hydrogens is 609 g/mol. The summed E-state index contributed by atoms with van der Waals surface area (Å²) in [5.74, 6) is 1.94. The number of benzene rings is 7. The van der Waals surface area contributed by atoms with Gasteiger partial charge < -0.3 is 0 Å². The minimum absolute atomic E-state index is 0.638. The molecular formula is C46H30N4. The number of fused-ring (bicyclic) bond motifs is 3. The largest absolute Gasteiger partial charge is 0.248 e. The molecule has 0 aliphatic carbocycles. The van der Waals surface area contributed by atoms with Crippen LogP contribution in [0.4, 0.5) is 0 Å². The smallest absolute Gasteiger partial charge is 0.164 e. The number of hydrogen-bond acceptors (Lipinski definition) is 4. The topological polar surface area (TPSA) is 51.6 Å². The molecule has 9 rings (SSSR count). The van der Waals surface area contributed by atoms with Crippen LogP contribution in [-0.4, -0.2) is 19.9 Å². The fourth-order valence-corrected chi connectivity index (χ4v) is 6.62. The maximum atomic E-state index is 5.15. The first-order chi connectivity index (χ1) is 24.8. The standard InChI is InChI=1S/C46H30N4/c1-5-14-31(15-6-1)40-30-42(32-16-7-2-8-17-32)47-41-27-25-37-28-36(24-26-39(37)43(40)41)35-22-13-23-38(29-35)46-49-44(33-18-9-3-10-19-33)48-45(50-46)34-20-11-4-12-21-34/h1-30H. The van der Waals surface area contributed by atoms with E-state index < -0.39 is 0 Å². The van der Waals surface area contributed by atoms with E-state index >= 15 is 0 Å². The predicted molar refractivity (Wildman–Crippen MR) is 205 cm³/mol. The molecule has 0 saturated carbocycles. The van der Waals surface area contributed by atoms with Gasteiger partial charge in [-0.05, 0) is 57.3 Å². The molecule has 7 aromatic carbocycles. The second-order valence-corrected chi connectivity index (χ2v) is 12.3. The summed E-state index contributed by atoms with van der Waals surface area (Å²) in [6.07, 6.45) is 0. The molecule has 9 aromatic rings. The Morgan fingerprint density at radius 3 is 1.42 bits per heavy atom. The van der Waals surface area contributed by atoms with Crippen molar-refractivity contribution in [2.45, 2.75) is 0 Å². The molecule has 0 aliphatic heterocycles. The van der Waals surface area contributed by atoms with Gasteiger partial charge in [0.15, 0.2) is 17.5 Å². The first-order valence-electron chi connectivity index (χ1n) is 16.7. The number of hydrogen-bond donors (Lipinski definition) is 0. The lowest BCUT2D eigenvalue weighted by atomic mass is 9.93. The van der Waals surface area contributed by atoms with Crippen molar-refractivity contribution in [3.05, 3.63) is 182 Å². The van der Waals surface area contributed by atoms with Crippen molar-refractivity contribution < 1.29 is 0 Å². The molecule has 0 radical (unpaired) electrons. The number of pyridine rings is 1. The zero-order valence-electron chi connectivity index (χ0n) is 27.1. The Labute approximate surface area is 290 Å². The van der Waals surface area contributed by atoms with Gasteiger partial charge in [-0.2, -0.15) is 0 Å². The summed E-state index contributed by atoms with van der Waals surface area (Å²) < 4.78 is 0. The minimum Gasteiger partial charge on any atom is -0.248 e. The van der Waals surface area contributed by atoms with E-state index in [2.05, 4.69) is 115 Å². The van der Waals surface area contributed by atoms with Crippen molar-refractivity contribution in [3.8, 4) is 67.7 Å². The predicted octanol–water partition coefficient (Wildman–Crippen LogP) is 11.6. The second-order valence-electron chi connectivity index (χ2n) is 12.3. The fourth-order valence-electron chi connectivity index (χ4n) is 6.62. The van der Waals surface area contributed by atoms with E-state index in [1.165, 1.54) is 16.5 Å². The molecule has 0 atom stereocenters. The summed E-state index contributed by atoms with van der Waals surface area (Å²) in [6, 6.07) is 62.9. The maximum Gasteiger partial charge on any atom is 0.164 e. The first-order valence-corrected chi connectivity index (χ1v) is 16.7. The van der Waals surface area contributed by atoms with Crippen LogP contribution in [0, 0.1) is 0 Å². The van der Waals surface area contributed by atoms with Crippen LogP contribution in [0.15, 0.2) is 182 Å². The zero-order chi connectivity index (χ0) is 33.3. The highest BCUT2D eigenvalue weighted by molar-refractivity contribution is 6.14. The van der Waals surface area contributed by atoms with E-state index in [9.17, 15) is 0 Å². The van der Waals surface area contributed by atoms with Gasteiger partial charge in [-0.1, -0.05) is 158 Å². The Bertz CT molecular complexity index is 2560. The van der Waals surface area contributed by atoms with Gasteiger partial charge in [0.1, 0.15) is 0 Å². The summed E-state index contributed by atoms with van der Waals surface area (Å²) in [5, 5.41) is 3.48. The van der Waals surface area contributed by atoms with Gasteiger partial charge in [0.05, 0.1) is 11.2 Å². The molecule has 0 spiro atoms. The molecule has 2 aromatic heterocycles. The molecule has 0 unspecified atom stereocenters. The lowest BCUT2D eigenvalue weighted by Gasteiger charge is -2.14. The van der Waals surface area contributed by atoms with E-state index in [1.807, 2.05) is 66.7 Å². The molecule has 0 bridgehead atoms. The van der Waals surface area contributed by atoms with Crippen LogP contribution in [0.5, 0.6) is 0 Å². The van der Waals surface area contributed by atoms with Crippen molar-refractivity contribution >= 4 is 21.7 Å². The van der Waals surface area contributed by atoms with E-state index in [0.29, 0.717) is 17.5 Å². The molecule has 0 saturated heterocycles. The Kier molecular flexibility index (Phi) is 7.45. The zero-order valence-corrected chi connectivity index (χ0v) is 27.1. The van der Waals surface area contributed by atoms with Crippen LogP contribution in [0.25, 0.3) is 89.4 Å². The van der Waals surface area contributed by atoms with Crippen LogP contribution >= 0.6 is 0 Å². The Morgan fingerprint density at radius 1 is 0.300 bits per heavy atom. The lowest BCUT2D eigenvalue weighted by molar-refractivity contribution is 1.07. The minimum atomic E-state index is 0.638. The number of aromatic nitrogens is 4. The second kappa shape index (κ2) is 12.7. The molecule has 234 valence electrons. The number of rotatable bonds is 6. The van der Waals surface area contributed by atoms with Crippen molar-refractivity contribution in [1.82, 2.24) is 19.9 Å². The van der Waals surface area contributed by atoms with Gasteiger partial charge in [0.25, 0.3) is 0 Å². The molecule has 2 heterocycles. The van der Waals surface area contributed by atoms with Crippen LogP contribution in [-0.2, 0) is 0 Å². The number of nitrogens with zero attached hydrogens (tertiary/aromatic N) is 4. The normalized spacial score (nSPS) is 11.2. The van der Waals surface area contributed by atoms with Gasteiger partial charge >= 0.3 is 0 Å². The van der Waals surface area contributed by atoms with E-state index in [-0.39, 0.29) is 0 Å². The van der Waals surface area contributed by atoms with Gasteiger partial charge in [0, 0.05) is 27.6 Å². The van der Waals surface area contributed by atoms with Crippen molar-refractivity contribution in [3.63, 3.8) is 0 Å². The van der Waals surface area contributed by atoms with E-state index in [4.69, 9.17) is 19.9 Å². The highest BCUT2D eigenvalue weighted by atomic mass is 15.0. The van der Waals surface area contributed by atoms with Crippen LogP contribution < -0.4 is 0 Å². The average molecular weight is 639 g/mol. The molecule has 0 N–H and O–H groups in total. The van der Waals surface area contributed by atoms with E-state index in [1.54, 1.807) is 0 Å². The third-order valence-electron chi connectivity index (χ3n) is 9.10. The van der Waals surface area contributed by atoms with Gasteiger partial charge in [-0.3, -0.25) is 0 Å². The Balaban J connectivity index is 1.16. The van der Waals surface area contributed by atoms with Gasteiger partial charge in [-0.15, -0.1) is 0 Å². The molecule has 4 heteroatoms. The average Bonchev–Trinajstić information content (AvgIpc) is 3.21. The lowest BCUT2D eigenvalue weighted by Crippen LogP contribution is -2.00. The Hall–Kier alpha value is -6.78. The fraction of sp³-hybridized carbons (Fsp3) is 0. The van der Waals surface area contributed by atoms with Crippen LogP contribution in [0.3, 0.4) is 0 Å². The molecule has 4 nitrogen and oxygen atoms in total. The summed E-state index contributed by atoms with van der Waals surface area (Å²) in [5.41, 5.74) is 10.4. The van der Waals surface area contributed by atoms with E-state index in [0.717, 1.165) is 55.4 Å². The summed E-state index contributed by atoms with van der Waals surface area (Å²) in [4.78, 5) is 19.9. The quantitative estimate of drug-likeness (QED) is 0.170. The monoisotopic (exact) mass is 638 g/mol. The van der Waals surface area contributed by atoms with Crippen LogP contribution in [0.2, 0.25) is 0 Å². The highest BCUT2D eigenvalue weighted by Gasteiger charge is 2.15. The van der Waals surface area contributed by atoms with Crippen molar-refractivity contribution in [2.75, 3.05) is 0 Å².